The Labute approximate surface area is 254 Å². The number of carbonyl (C=O) groups excluding carboxylic acids is 4. The molecule has 0 aliphatic rings. The smallest absolute Gasteiger partial charge is 0.490 e. The van der Waals surface area contributed by atoms with Gasteiger partial charge in [0.25, 0.3) is 5.91 Å². The number of rotatable bonds is 13. The molecule has 0 atom stereocenters. The van der Waals surface area contributed by atoms with Crippen LogP contribution in [0.5, 0.6) is 11.5 Å². The number of nitrogens with one attached hydrogen (secondary N) is 2. The predicted octanol–water partition coefficient (Wildman–Crippen LogP) is 3.71. The van der Waals surface area contributed by atoms with Crippen molar-refractivity contribution in [2.75, 3.05) is 23.8 Å². The Morgan fingerprint density at radius 3 is 2.44 bits per heavy atom. The van der Waals surface area contributed by atoms with Gasteiger partial charge in [0.1, 0.15) is 12.4 Å². The third-order valence-electron chi connectivity index (χ3n) is 5.60. The van der Waals surface area contributed by atoms with E-state index in [0.29, 0.717) is 11.3 Å². The topological polar surface area (TPSA) is 181 Å². The molecule has 0 aliphatic carbocycles. The predicted molar refractivity (Wildman–Crippen MR) is 153 cm³/mol. The molecule has 0 saturated carbocycles. The van der Waals surface area contributed by atoms with Crippen LogP contribution in [0.3, 0.4) is 0 Å². The molecule has 3 rings (SSSR count). The van der Waals surface area contributed by atoms with Crippen LogP contribution in [-0.4, -0.2) is 54.4 Å². The lowest BCUT2D eigenvalue weighted by Crippen LogP contribution is -2.30. The molecular weight excluding hydrogens is 603 g/mol. The monoisotopic (exact) mass is 631 g/mol. The van der Waals surface area contributed by atoms with Crippen LogP contribution in [-0.2, 0) is 37.0 Å². The number of anilines is 2. The van der Waals surface area contributed by atoms with E-state index < -0.39 is 36.6 Å². The maximum atomic E-state index is 13.1. The van der Waals surface area contributed by atoms with Gasteiger partial charge in [-0.1, -0.05) is 12.1 Å². The zero-order chi connectivity index (χ0) is 33.0. The van der Waals surface area contributed by atoms with Crippen LogP contribution in [0.2, 0.25) is 0 Å². The zero-order valence-electron chi connectivity index (χ0n) is 24.0. The fourth-order valence-electron chi connectivity index (χ4n) is 3.72. The molecule has 13 nitrogen and oxygen atoms in total. The molecule has 1 aromatic heterocycles. The van der Waals surface area contributed by atoms with Crippen molar-refractivity contribution in [2.45, 2.75) is 33.2 Å². The Balaban J connectivity index is 1.87. The van der Waals surface area contributed by atoms with E-state index in [2.05, 4.69) is 25.5 Å². The van der Waals surface area contributed by atoms with Crippen LogP contribution in [0.4, 0.5) is 24.7 Å². The van der Waals surface area contributed by atoms with E-state index in [1.165, 1.54) is 37.5 Å². The molecule has 45 heavy (non-hydrogen) atoms. The van der Waals surface area contributed by atoms with Crippen molar-refractivity contribution < 1.29 is 51.3 Å². The molecule has 0 aliphatic heterocycles. The van der Waals surface area contributed by atoms with Gasteiger partial charge >= 0.3 is 24.1 Å². The molecule has 0 saturated heterocycles. The van der Waals surface area contributed by atoms with Crippen molar-refractivity contribution >= 4 is 41.5 Å². The number of nitrogens with two attached hydrogens (primary N) is 1. The number of hydrogen-bond acceptors (Lipinski definition) is 12. The van der Waals surface area contributed by atoms with Gasteiger partial charge in [-0.15, -0.1) is 0 Å². The van der Waals surface area contributed by atoms with E-state index in [1.54, 1.807) is 37.3 Å². The lowest BCUT2D eigenvalue weighted by atomic mass is 10.1. The summed E-state index contributed by atoms with van der Waals surface area (Å²) in [5, 5.41) is 9.19. The Hall–Kier alpha value is -5.67. The summed E-state index contributed by atoms with van der Waals surface area (Å²) in [6, 6.07) is 12.7. The number of hydrogen-bond donors (Lipinski definition) is 3. The first-order chi connectivity index (χ1) is 21.4. The molecule has 1 amide bonds. The third kappa shape index (κ3) is 10.2. The Morgan fingerprint density at radius 2 is 1.80 bits per heavy atom. The van der Waals surface area contributed by atoms with Crippen LogP contribution in [0, 0.1) is 0 Å². The van der Waals surface area contributed by atoms with Crippen LogP contribution in [0.15, 0.2) is 59.8 Å². The largest absolute Gasteiger partial charge is 0.491 e. The standard InChI is InChI=1S/C29H28F3N5O8/c1-3-42-23-12-19(15-43-17(2)38)11-20(25(23)44-16-24(39)45-28(41)29(30,31)32)14-35-26-22(5-4-10-34-26)27(40)37-21-8-6-18(7-9-21)13-36-33/h4-13H,3,14-16,33H2,1-2H3,(H,34,35)(H,37,40)/b36-13+. The van der Waals surface area contributed by atoms with Crippen LogP contribution < -0.4 is 25.9 Å². The van der Waals surface area contributed by atoms with Gasteiger partial charge in [-0.05, 0) is 54.4 Å². The van der Waals surface area contributed by atoms with Crippen molar-refractivity contribution in [3.8, 4) is 11.5 Å². The fourth-order valence-corrected chi connectivity index (χ4v) is 3.72. The minimum absolute atomic E-state index is 0.0519. The molecule has 2 aromatic carbocycles. The summed E-state index contributed by atoms with van der Waals surface area (Å²) in [7, 11) is 0. The zero-order valence-corrected chi connectivity index (χ0v) is 24.0. The number of alkyl halides is 3. The molecule has 0 unspecified atom stereocenters. The van der Waals surface area contributed by atoms with Gasteiger partial charge in [-0.3, -0.25) is 9.59 Å². The molecule has 0 fully saturated rings. The van der Waals surface area contributed by atoms with E-state index in [1.807, 2.05) is 0 Å². The lowest BCUT2D eigenvalue weighted by Gasteiger charge is -2.19. The highest BCUT2D eigenvalue weighted by atomic mass is 19.4. The lowest BCUT2D eigenvalue weighted by molar-refractivity contribution is -0.202. The number of esters is 3. The molecule has 238 valence electrons. The molecule has 1 heterocycles. The first-order valence-electron chi connectivity index (χ1n) is 13.1. The van der Waals surface area contributed by atoms with Crippen LogP contribution in [0.1, 0.15) is 40.9 Å². The number of carbonyl (C=O) groups is 4. The average molecular weight is 632 g/mol. The van der Waals surface area contributed by atoms with Crippen molar-refractivity contribution in [1.82, 2.24) is 4.98 Å². The SMILES string of the molecule is CCOc1cc(COC(C)=O)cc(CNc2ncccc2C(=O)Nc2ccc(/C=N/N)cc2)c1OCC(=O)OC(=O)C(F)(F)F. The quantitative estimate of drug-likeness (QED) is 0.0823. The molecule has 0 radical (unpaired) electrons. The number of ether oxygens (including phenoxy) is 4. The first-order valence-corrected chi connectivity index (χ1v) is 13.1. The maximum Gasteiger partial charge on any atom is 0.491 e. The van der Waals surface area contributed by atoms with Crippen molar-refractivity contribution in [3.63, 3.8) is 0 Å². The number of amides is 1. The van der Waals surface area contributed by atoms with E-state index in [9.17, 15) is 32.3 Å². The first kappa shape index (κ1) is 33.8. The van der Waals surface area contributed by atoms with E-state index in [4.69, 9.17) is 20.1 Å². The number of benzene rings is 2. The highest BCUT2D eigenvalue weighted by Crippen LogP contribution is 2.34. The Morgan fingerprint density at radius 1 is 1.07 bits per heavy atom. The van der Waals surface area contributed by atoms with Gasteiger partial charge in [-0.25, -0.2) is 14.6 Å². The molecule has 16 heteroatoms. The fraction of sp³-hybridized carbons (Fsp3) is 0.241. The molecule has 4 N–H and O–H groups in total. The summed E-state index contributed by atoms with van der Waals surface area (Å²) in [6.45, 7) is 1.61. The average Bonchev–Trinajstić information content (AvgIpc) is 2.99. The highest BCUT2D eigenvalue weighted by Gasteiger charge is 2.42. The van der Waals surface area contributed by atoms with Crippen LogP contribution >= 0.6 is 0 Å². The van der Waals surface area contributed by atoms with Gasteiger partial charge in [0, 0.05) is 30.9 Å². The maximum absolute atomic E-state index is 13.1. The minimum atomic E-state index is -5.38. The highest BCUT2D eigenvalue weighted by molar-refractivity contribution is 6.07. The second kappa shape index (κ2) is 15.7. The summed E-state index contributed by atoms with van der Waals surface area (Å²) in [4.78, 5) is 51.7. The Bertz CT molecular complexity index is 1560. The van der Waals surface area contributed by atoms with E-state index in [0.717, 1.165) is 5.56 Å². The molecule has 3 aromatic rings. The number of pyridine rings is 1. The second-order valence-corrected chi connectivity index (χ2v) is 8.95. The second-order valence-electron chi connectivity index (χ2n) is 8.95. The van der Waals surface area contributed by atoms with Crippen molar-refractivity contribution in [1.29, 1.82) is 0 Å². The van der Waals surface area contributed by atoms with Gasteiger partial charge in [0.05, 0.1) is 18.4 Å². The number of halogens is 3. The normalized spacial score (nSPS) is 11.0. The van der Waals surface area contributed by atoms with Crippen molar-refractivity contribution in [3.05, 3.63) is 77.0 Å². The molecule has 0 bridgehead atoms. The summed E-state index contributed by atoms with van der Waals surface area (Å²) in [6.07, 6.45) is -2.50. The summed E-state index contributed by atoms with van der Waals surface area (Å²) < 4.78 is 57.5. The van der Waals surface area contributed by atoms with Gasteiger partial charge in [-0.2, -0.15) is 18.3 Å². The van der Waals surface area contributed by atoms with E-state index >= 15 is 0 Å². The summed E-state index contributed by atoms with van der Waals surface area (Å²) in [5.74, 6) is -0.0945. The summed E-state index contributed by atoms with van der Waals surface area (Å²) >= 11 is 0. The van der Waals surface area contributed by atoms with Crippen LogP contribution in [0.25, 0.3) is 0 Å². The van der Waals surface area contributed by atoms with Crippen molar-refractivity contribution in [2.24, 2.45) is 10.9 Å². The Kier molecular flexibility index (Phi) is 11.8. The van der Waals surface area contributed by atoms with Gasteiger partial charge in [0.15, 0.2) is 18.1 Å². The van der Waals surface area contributed by atoms with E-state index in [-0.39, 0.29) is 48.2 Å². The molecular formula is C29H28F3N5O8. The number of aromatic nitrogens is 1. The minimum Gasteiger partial charge on any atom is -0.490 e. The third-order valence-corrected chi connectivity index (χ3v) is 5.60. The number of nitrogens with zero attached hydrogens (tertiary/aromatic N) is 2. The number of hydrazone groups is 1. The molecule has 0 spiro atoms. The van der Waals surface area contributed by atoms with Gasteiger partial charge in [0.2, 0.25) is 0 Å². The van der Waals surface area contributed by atoms with Gasteiger partial charge < -0.3 is 35.4 Å². The summed E-state index contributed by atoms with van der Waals surface area (Å²) in [5.41, 5.74) is 2.07.